The van der Waals surface area contributed by atoms with Gasteiger partial charge in [0, 0.05) is 11.6 Å². The first-order valence-corrected chi connectivity index (χ1v) is 7.86. The lowest BCUT2D eigenvalue weighted by Crippen LogP contribution is -2.07. The summed E-state index contributed by atoms with van der Waals surface area (Å²) in [6.07, 6.45) is -1.53. The molecule has 0 spiro atoms. The topological polar surface area (TPSA) is 31.2 Å². The average molecular weight is 359 g/mol. The lowest BCUT2D eigenvalue weighted by Gasteiger charge is -2.12. The van der Waals surface area contributed by atoms with Gasteiger partial charge in [-0.05, 0) is 55.0 Å². The lowest BCUT2D eigenvalue weighted by molar-refractivity contribution is -0.137. The van der Waals surface area contributed by atoms with E-state index in [0.717, 1.165) is 17.5 Å². The molecule has 0 unspecified atom stereocenters. The minimum Gasteiger partial charge on any atom is -0.489 e. The second kappa shape index (κ2) is 6.71. The van der Waals surface area contributed by atoms with Gasteiger partial charge in [0.25, 0.3) is 5.91 Å². The lowest BCUT2D eigenvalue weighted by atomic mass is 10.1. The second-order valence-electron chi connectivity index (χ2n) is 5.94. The molecule has 3 nitrogen and oxygen atoms in total. The Kier molecular flexibility index (Phi) is 4.59. The summed E-state index contributed by atoms with van der Waals surface area (Å²) in [7, 11) is 0. The minimum atomic E-state index is -4.39. The first kappa shape index (κ1) is 17.8. The number of allylic oxidation sites excluding steroid dienone is 1. The fraction of sp³-hybridized carbons (Fsp3) is 0.150. The smallest absolute Gasteiger partial charge is 0.416 e. The summed E-state index contributed by atoms with van der Waals surface area (Å²) < 4.78 is 45.8. The van der Waals surface area contributed by atoms with E-state index >= 15 is 0 Å². The standard InChI is InChI=1S/C20H16F3NO2/c1-3-19(25)24-7-6-15-11-17(4-5-18(15)24)26-12-14-8-13(2)9-16(10-14)20(21,22)23/h3-11H,1,12H2,2H3. The zero-order valence-corrected chi connectivity index (χ0v) is 14.0. The van der Waals surface area contributed by atoms with Crippen molar-refractivity contribution in [3.63, 3.8) is 0 Å². The molecule has 2 aromatic carbocycles. The van der Waals surface area contributed by atoms with Crippen LogP contribution in [-0.2, 0) is 12.8 Å². The van der Waals surface area contributed by atoms with Gasteiger partial charge >= 0.3 is 6.18 Å². The number of aromatic nitrogens is 1. The minimum absolute atomic E-state index is 0.0164. The summed E-state index contributed by atoms with van der Waals surface area (Å²) in [5.41, 5.74) is 0.981. The average Bonchev–Trinajstić information content (AvgIpc) is 3.01. The van der Waals surface area contributed by atoms with Crippen LogP contribution in [0.25, 0.3) is 10.9 Å². The van der Waals surface area contributed by atoms with Crippen LogP contribution in [0.3, 0.4) is 0 Å². The van der Waals surface area contributed by atoms with Crippen LogP contribution in [0.15, 0.2) is 61.3 Å². The SMILES string of the molecule is C=CC(=O)n1ccc2cc(OCc3cc(C)cc(C(F)(F)F)c3)ccc21. The molecule has 0 saturated heterocycles. The molecule has 3 rings (SSSR count). The van der Waals surface area contributed by atoms with E-state index in [4.69, 9.17) is 4.74 Å². The molecular weight excluding hydrogens is 343 g/mol. The van der Waals surface area contributed by atoms with E-state index in [9.17, 15) is 18.0 Å². The van der Waals surface area contributed by atoms with Crippen molar-refractivity contribution >= 4 is 16.8 Å². The second-order valence-corrected chi connectivity index (χ2v) is 5.94. The summed E-state index contributed by atoms with van der Waals surface area (Å²) in [5.74, 6) is 0.268. The van der Waals surface area contributed by atoms with Crippen molar-refractivity contribution in [3.8, 4) is 5.75 Å². The van der Waals surface area contributed by atoms with Crippen molar-refractivity contribution in [2.75, 3.05) is 0 Å². The van der Waals surface area contributed by atoms with Gasteiger partial charge in [-0.25, -0.2) is 0 Å². The molecule has 0 aliphatic rings. The van der Waals surface area contributed by atoms with Crippen LogP contribution in [0, 0.1) is 6.92 Å². The normalized spacial score (nSPS) is 11.5. The highest BCUT2D eigenvalue weighted by Crippen LogP contribution is 2.31. The van der Waals surface area contributed by atoms with Crippen molar-refractivity contribution < 1.29 is 22.7 Å². The Morgan fingerprint density at radius 1 is 1.19 bits per heavy atom. The number of rotatable bonds is 4. The van der Waals surface area contributed by atoms with Crippen LogP contribution in [0.2, 0.25) is 0 Å². The molecule has 0 N–H and O–H groups in total. The van der Waals surface area contributed by atoms with Crippen LogP contribution >= 0.6 is 0 Å². The van der Waals surface area contributed by atoms with Crippen molar-refractivity contribution in [2.24, 2.45) is 0 Å². The van der Waals surface area contributed by atoms with Crippen LogP contribution in [0.4, 0.5) is 13.2 Å². The number of carbonyl (C=O) groups is 1. The fourth-order valence-corrected chi connectivity index (χ4v) is 2.78. The highest BCUT2D eigenvalue weighted by molar-refractivity contribution is 5.98. The third-order valence-electron chi connectivity index (χ3n) is 3.94. The Bertz CT molecular complexity index is 986. The number of benzene rings is 2. The van der Waals surface area contributed by atoms with Crippen molar-refractivity contribution in [2.45, 2.75) is 19.7 Å². The Hall–Kier alpha value is -3.02. The molecule has 0 bridgehead atoms. The Morgan fingerprint density at radius 2 is 1.96 bits per heavy atom. The number of carbonyl (C=O) groups excluding carboxylic acids is 1. The monoisotopic (exact) mass is 359 g/mol. The Balaban J connectivity index is 1.81. The van der Waals surface area contributed by atoms with Gasteiger partial charge in [-0.3, -0.25) is 9.36 Å². The molecule has 134 valence electrons. The summed E-state index contributed by atoms with van der Waals surface area (Å²) >= 11 is 0. The molecule has 0 aliphatic carbocycles. The molecule has 1 aromatic heterocycles. The summed E-state index contributed by atoms with van der Waals surface area (Å²) in [6, 6.07) is 10.8. The Labute approximate surface area is 148 Å². The zero-order chi connectivity index (χ0) is 18.9. The Morgan fingerprint density at radius 3 is 2.65 bits per heavy atom. The van der Waals surface area contributed by atoms with Gasteiger partial charge in [0.05, 0.1) is 11.1 Å². The quantitative estimate of drug-likeness (QED) is 0.586. The van der Waals surface area contributed by atoms with Gasteiger partial charge in [-0.2, -0.15) is 13.2 Å². The van der Waals surface area contributed by atoms with E-state index < -0.39 is 11.7 Å². The number of hydrogen-bond acceptors (Lipinski definition) is 2. The molecule has 0 fully saturated rings. The molecule has 6 heteroatoms. The summed E-state index contributed by atoms with van der Waals surface area (Å²) in [6.45, 7) is 5.09. The predicted molar refractivity (Wildman–Crippen MR) is 93.3 cm³/mol. The first-order valence-electron chi connectivity index (χ1n) is 7.86. The molecule has 3 aromatic rings. The van der Waals surface area contributed by atoms with E-state index in [2.05, 4.69) is 6.58 Å². The fourth-order valence-electron chi connectivity index (χ4n) is 2.78. The number of alkyl halides is 3. The number of halogens is 3. The van der Waals surface area contributed by atoms with Gasteiger partial charge in [-0.15, -0.1) is 0 Å². The van der Waals surface area contributed by atoms with E-state index in [1.54, 1.807) is 43.5 Å². The number of aryl methyl sites for hydroxylation is 1. The van der Waals surface area contributed by atoms with E-state index in [1.807, 2.05) is 0 Å². The van der Waals surface area contributed by atoms with Crippen LogP contribution in [-0.4, -0.2) is 10.5 Å². The molecule has 0 atom stereocenters. The zero-order valence-electron chi connectivity index (χ0n) is 14.0. The first-order chi connectivity index (χ1) is 12.3. The van der Waals surface area contributed by atoms with Crippen molar-refractivity contribution in [3.05, 3.63) is 78.0 Å². The van der Waals surface area contributed by atoms with Gasteiger partial charge in [0.2, 0.25) is 0 Å². The van der Waals surface area contributed by atoms with Crippen molar-refractivity contribution in [1.82, 2.24) is 4.57 Å². The molecule has 0 aliphatic heterocycles. The van der Waals surface area contributed by atoms with Gasteiger partial charge in [0.1, 0.15) is 12.4 Å². The molecule has 1 heterocycles. The molecular formula is C20H16F3NO2. The van der Waals surface area contributed by atoms with Crippen molar-refractivity contribution in [1.29, 1.82) is 0 Å². The van der Waals surface area contributed by atoms with Crippen LogP contribution in [0.1, 0.15) is 21.5 Å². The summed E-state index contributed by atoms with van der Waals surface area (Å²) in [4.78, 5) is 11.8. The van der Waals surface area contributed by atoms with Crippen LogP contribution in [0.5, 0.6) is 5.75 Å². The maximum absolute atomic E-state index is 12.9. The predicted octanol–water partition coefficient (Wildman–Crippen LogP) is 5.37. The molecule has 0 radical (unpaired) electrons. The maximum atomic E-state index is 12.9. The maximum Gasteiger partial charge on any atom is 0.416 e. The van der Waals surface area contributed by atoms with E-state index in [0.29, 0.717) is 22.4 Å². The van der Waals surface area contributed by atoms with E-state index in [-0.39, 0.29) is 12.5 Å². The van der Waals surface area contributed by atoms with Gasteiger partial charge in [0.15, 0.2) is 0 Å². The van der Waals surface area contributed by atoms with E-state index in [1.165, 1.54) is 10.6 Å². The largest absolute Gasteiger partial charge is 0.489 e. The number of hydrogen-bond donors (Lipinski definition) is 0. The van der Waals surface area contributed by atoms with Gasteiger partial charge in [-0.1, -0.05) is 18.2 Å². The molecule has 26 heavy (non-hydrogen) atoms. The summed E-state index contributed by atoms with van der Waals surface area (Å²) in [5, 5.41) is 0.790. The molecule has 0 saturated carbocycles. The molecule has 0 amide bonds. The number of fused-ring (bicyclic) bond motifs is 1. The third kappa shape index (κ3) is 3.64. The number of ether oxygens (including phenoxy) is 1. The van der Waals surface area contributed by atoms with Gasteiger partial charge < -0.3 is 4.74 Å². The number of nitrogens with zero attached hydrogens (tertiary/aromatic N) is 1. The van der Waals surface area contributed by atoms with Crippen LogP contribution < -0.4 is 4.74 Å². The highest BCUT2D eigenvalue weighted by Gasteiger charge is 2.30. The third-order valence-corrected chi connectivity index (χ3v) is 3.94. The highest BCUT2D eigenvalue weighted by atomic mass is 19.4.